The van der Waals surface area contributed by atoms with Crippen LogP contribution >= 0.6 is 0 Å². The summed E-state index contributed by atoms with van der Waals surface area (Å²) in [7, 11) is 0. The molecule has 1 aromatic rings. The first-order chi connectivity index (χ1) is 9.58. The van der Waals surface area contributed by atoms with Gasteiger partial charge in [0.15, 0.2) is 0 Å². The van der Waals surface area contributed by atoms with E-state index in [1.165, 1.54) is 0 Å². The summed E-state index contributed by atoms with van der Waals surface area (Å²) in [5, 5.41) is 16.3. The first kappa shape index (κ1) is 15.0. The van der Waals surface area contributed by atoms with Gasteiger partial charge in [0.1, 0.15) is 0 Å². The average molecular weight is 276 g/mol. The fourth-order valence-electron chi connectivity index (χ4n) is 2.63. The summed E-state index contributed by atoms with van der Waals surface area (Å²) >= 11 is 0. The van der Waals surface area contributed by atoms with E-state index in [4.69, 9.17) is 0 Å². The van der Waals surface area contributed by atoms with Crippen LogP contribution in [0.15, 0.2) is 24.3 Å². The van der Waals surface area contributed by atoms with Crippen LogP contribution in [-0.4, -0.2) is 29.7 Å². The van der Waals surface area contributed by atoms with Crippen molar-refractivity contribution in [3.8, 4) is 0 Å². The van der Waals surface area contributed by atoms with Crippen molar-refractivity contribution in [2.24, 2.45) is 0 Å². The molecule has 2 rings (SSSR count). The minimum atomic E-state index is -0.509. The van der Waals surface area contributed by atoms with E-state index in [2.05, 4.69) is 24.5 Å². The molecule has 0 saturated heterocycles. The van der Waals surface area contributed by atoms with Gasteiger partial charge >= 0.3 is 0 Å². The van der Waals surface area contributed by atoms with Crippen molar-refractivity contribution in [2.75, 3.05) is 6.54 Å². The van der Waals surface area contributed by atoms with Crippen LogP contribution in [-0.2, 0) is 11.2 Å². The molecule has 20 heavy (non-hydrogen) atoms. The lowest BCUT2D eigenvalue weighted by molar-refractivity contribution is -0.122. The van der Waals surface area contributed by atoms with E-state index >= 15 is 0 Å². The maximum Gasteiger partial charge on any atom is 0.220 e. The SMILES string of the molecule is CC(C)NCCCC(=O)N[C@H]1c2ccccc2C[C@H]1O. The van der Waals surface area contributed by atoms with E-state index in [0.717, 1.165) is 24.1 Å². The van der Waals surface area contributed by atoms with Crippen molar-refractivity contribution in [1.29, 1.82) is 0 Å². The molecule has 0 aromatic heterocycles. The number of aliphatic hydroxyl groups excluding tert-OH is 1. The second-order valence-electron chi connectivity index (χ2n) is 5.73. The molecule has 0 heterocycles. The van der Waals surface area contributed by atoms with E-state index in [9.17, 15) is 9.90 Å². The van der Waals surface area contributed by atoms with E-state index < -0.39 is 6.10 Å². The Morgan fingerprint density at radius 2 is 2.15 bits per heavy atom. The lowest BCUT2D eigenvalue weighted by Crippen LogP contribution is -2.34. The van der Waals surface area contributed by atoms with E-state index in [1.54, 1.807) is 0 Å². The molecule has 1 aliphatic rings. The van der Waals surface area contributed by atoms with Crippen LogP contribution in [0.5, 0.6) is 0 Å². The van der Waals surface area contributed by atoms with Crippen molar-refractivity contribution >= 4 is 5.91 Å². The molecule has 0 fully saturated rings. The summed E-state index contributed by atoms with van der Waals surface area (Å²) in [6.45, 7) is 5.02. The number of nitrogens with one attached hydrogen (secondary N) is 2. The first-order valence-electron chi connectivity index (χ1n) is 7.36. The highest BCUT2D eigenvalue weighted by atomic mass is 16.3. The molecule has 0 spiro atoms. The zero-order chi connectivity index (χ0) is 14.5. The molecule has 0 unspecified atom stereocenters. The van der Waals surface area contributed by atoms with Gasteiger partial charge in [-0.2, -0.15) is 0 Å². The summed E-state index contributed by atoms with van der Waals surface area (Å²) in [6.07, 6.45) is 1.42. The number of amides is 1. The molecule has 110 valence electrons. The fourth-order valence-corrected chi connectivity index (χ4v) is 2.63. The van der Waals surface area contributed by atoms with Crippen LogP contribution < -0.4 is 10.6 Å². The number of carbonyl (C=O) groups is 1. The van der Waals surface area contributed by atoms with Gasteiger partial charge < -0.3 is 15.7 Å². The highest BCUT2D eigenvalue weighted by Gasteiger charge is 2.31. The molecular weight excluding hydrogens is 252 g/mol. The number of benzene rings is 1. The van der Waals surface area contributed by atoms with E-state index in [1.807, 2.05) is 24.3 Å². The Morgan fingerprint density at radius 1 is 1.40 bits per heavy atom. The fraction of sp³-hybridized carbons (Fsp3) is 0.562. The lowest BCUT2D eigenvalue weighted by atomic mass is 10.1. The standard InChI is InChI=1S/C16H24N2O2/c1-11(2)17-9-5-8-15(20)18-16-13-7-4-3-6-12(13)10-14(16)19/h3-4,6-7,11,14,16-17,19H,5,8-10H2,1-2H3,(H,18,20)/t14-,16+/m1/s1. The molecule has 3 N–H and O–H groups in total. The summed E-state index contributed by atoms with van der Waals surface area (Å²) in [6, 6.07) is 8.10. The number of aliphatic hydroxyl groups is 1. The highest BCUT2D eigenvalue weighted by Crippen LogP contribution is 2.31. The molecule has 2 atom stereocenters. The summed E-state index contributed by atoms with van der Waals surface area (Å²) in [4.78, 5) is 11.9. The number of fused-ring (bicyclic) bond motifs is 1. The first-order valence-corrected chi connectivity index (χ1v) is 7.36. The van der Waals surface area contributed by atoms with Crippen LogP contribution in [0, 0.1) is 0 Å². The van der Waals surface area contributed by atoms with Crippen LogP contribution in [0.25, 0.3) is 0 Å². The molecule has 0 bridgehead atoms. The molecule has 0 aliphatic heterocycles. The molecule has 0 saturated carbocycles. The minimum Gasteiger partial charge on any atom is -0.390 e. The quantitative estimate of drug-likeness (QED) is 0.691. The van der Waals surface area contributed by atoms with Crippen molar-refractivity contribution in [2.45, 2.75) is 51.3 Å². The summed E-state index contributed by atoms with van der Waals surface area (Å²) in [5.41, 5.74) is 2.18. The maximum atomic E-state index is 11.9. The molecular formula is C16H24N2O2. The zero-order valence-electron chi connectivity index (χ0n) is 12.2. The maximum absolute atomic E-state index is 11.9. The third-order valence-corrected chi connectivity index (χ3v) is 3.65. The van der Waals surface area contributed by atoms with Crippen LogP contribution in [0.1, 0.15) is 43.9 Å². The lowest BCUT2D eigenvalue weighted by Gasteiger charge is -2.18. The van der Waals surface area contributed by atoms with Gasteiger partial charge in [0.25, 0.3) is 0 Å². The van der Waals surface area contributed by atoms with Gasteiger partial charge in [-0.1, -0.05) is 38.1 Å². The summed E-state index contributed by atoms with van der Waals surface area (Å²) < 4.78 is 0. The van der Waals surface area contributed by atoms with Crippen molar-refractivity contribution in [3.05, 3.63) is 35.4 Å². The van der Waals surface area contributed by atoms with Crippen molar-refractivity contribution in [3.63, 3.8) is 0 Å². The van der Waals surface area contributed by atoms with Gasteiger partial charge in [-0.15, -0.1) is 0 Å². The van der Waals surface area contributed by atoms with Gasteiger partial charge in [-0.05, 0) is 24.1 Å². The number of rotatable bonds is 6. The average Bonchev–Trinajstić information content (AvgIpc) is 2.71. The second kappa shape index (κ2) is 6.86. The number of hydrogen-bond acceptors (Lipinski definition) is 3. The molecule has 4 nitrogen and oxygen atoms in total. The molecule has 1 aliphatic carbocycles. The van der Waals surface area contributed by atoms with Crippen LogP contribution in [0.4, 0.5) is 0 Å². The van der Waals surface area contributed by atoms with Gasteiger partial charge in [0.05, 0.1) is 12.1 Å². The van der Waals surface area contributed by atoms with Crippen LogP contribution in [0.2, 0.25) is 0 Å². The normalized spacial score (nSPS) is 21.0. The van der Waals surface area contributed by atoms with Gasteiger partial charge in [-0.3, -0.25) is 4.79 Å². The number of hydrogen-bond donors (Lipinski definition) is 3. The predicted molar refractivity (Wildman–Crippen MR) is 79.4 cm³/mol. The van der Waals surface area contributed by atoms with Gasteiger partial charge in [-0.25, -0.2) is 0 Å². The Hall–Kier alpha value is -1.39. The van der Waals surface area contributed by atoms with E-state index in [-0.39, 0.29) is 11.9 Å². The topological polar surface area (TPSA) is 61.4 Å². The molecule has 1 amide bonds. The van der Waals surface area contributed by atoms with Gasteiger partial charge in [0, 0.05) is 18.9 Å². The number of carbonyl (C=O) groups excluding carboxylic acids is 1. The highest BCUT2D eigenvalue weighted by molar-refractivity contribution is 5.76. The molecule has 0 radical (unpaired) electrons. The van der Waals surface area contributed by atoms with Crippen molar-refractivity contribution in [1.82, 2.24) is 10.6 Å². The largest absolute Gasteiger partial charge is 0.390 e. The zero-order valence-corrected chi connectivity index (χ0v) is 12.2. The third-order valence-electron chi connectivity index (χ3n) is 3.65. The Bertz CT molecular complexity index is 460. The smallest absolute Gasteiger partial charge is 0.220 e. The third kappa shape index (κ3) is 3.81. The predicted octanol–water partition coefficient (Wildman–Crippen LogP) is 1.54. The minimum absolute atomic E-state index is 0.0105. The Morgan fingerprint density at radius 3 is 2.90 bits per heavy atom. The second-order valence-corrected chi connectivity index (χ2v) is 5.73. The Labute approximate surface area is 120 Å². The summed E-state index contributed by atoms with van der Waals surface area (Å²) in [5.74, 6) is 0.0105. The Balaban J connectivity index is 1.82. The monoisotopic (exact) mass is 276 g/mol. The van der Waals surface area contributed by atoms with Gasteiger partial charge in [0.2, 0.25) is 5.91 Å². The molecule has 4 heteroatoms. The Kier molecular flexibility index (Phi) is 5.15. The van der Waals surface area contributed by atoms with Crippen molar-refractivity contribution < 1.29 is 9.90 Å². The van der Waals surface area contributed by atoms with E-state index in [0.29, 0.717) is 18.9 Å². The molecule has 1 aromatic carbocycles. The van der Waals surface area contributed by atoms with Crippen LogP contribution in [0.3, 0.4) is 0 Å².